The minimum Gasteiger partial charge on any atom is -0.332 e. The Morgan fingerprint density at radius 1 is 0.889 bits per heavy atom. The van der Waals surface area contributed by atoms with Crippen LogP contribution in [0.2, 0.25) is 0 Å². The number of ketones is 1. The van der Waals surface area contributed by atoms with E-state index in [2.05, 4.69) is 12.0 Å². The number of nitrogens with one attached hydrogen (secondary N) is 1. The highest BCUT2D eigenvalue weighted by atomic mass is 16.2. The number of H-pyrrole nitrogens is 1. The van der Waals surface area contributed by atoms with E-state index < -0.39 is 5.56 Å². The third kappa shape index (κ3) is 6.84. The van der Waals surface area contributed by atoms with Gasteiger partial charge in [-0.05, 0) is 31.9 Å². The van der Waals surface area contributed by atoms with E-state index in [4.69, 9.17) is 0 Å². The first kappa shape index (κ1) is 27.2. The second-order valence-electron chi connectivity index (χ2n) is 9.42. The summed E-state index contributed by atoms with van der Waals surface area (Å²) in [5.41, 5.74) is 1.56. The lowest BCUT2D eigenvalue weighted by atomic mass is 10.0. The molecule has 0 saturated carbocycles. The number of benzene rings is 2. The molecule has 6 nitrogen and oxygen atoms in total. The zero-order valence-electron chi connectivity index (χ0n) is 21.8. The fourth-order valence-corrected chi connectivity index (χ4v) is 4.41. The minimum absolute atomic E-state index is 0.0200. The number of carbonyl (C=O) groups excluding carboxylic acids is 2. The van der Waals surface area contributed by atoms with Gasteiger partial charge in [0.2, 0.25) is 5.91 Å². The van der Waals surface area contributed by atoms with Gasteiger partial charge in [-0.25, -0.2) is 4.68 Å². The fraction of sp³-hybridized carbons (Fsp3) is 0.433. The minimum atomic E-state index is -0.405. The van der Waals surface area contributed by atoms with Crippen molar-refractivity contribution in [3.63, 3.8) is 0 Å². The molecule has 3 rings (SSSR count). The Hall–Kier alpha value is -3.41. The Morgan fingerprint density at radius 2 is 1.50 bits per heavy atom. The van der Waals surface area contributed by atoms with Crippen LogP contribution in [0.1, 0.15) is 82.5 Å². The lowest BCUT2D eigenvalue weighted by Gasteiger charge is -2.28. The summed E-state index contributed by atoms with van der Waals surface area (Å²) in [6.07, 6.45) is 7.75. The Morgan fingerprint density at radius 3 is 2.14 bits per heavy atom. The number of rotatable bonds is 14. The first-order valence-corrected chi connectivity index (χ1v) is 13.3. The number of unbranched alkanes of at least 4 members (excludes halogenated alkanes) is 5. The monoisotopic (exact) mass is 489 g/mol. The Kier molecular flexibility index (Phi) is 10.3. The molecule has 6 heteroatoms. The number of aromatic nitrogens is 2. The molecule has 1 N–H and O–H groups in total. The van der Waals surface area contributed by atoms with Crippen molar-refractivity contribution in [1.29, 1.82) is 0 Å². The second kappa shape index (κ2) is 13.6. The van der Waals surface area contributed by atoms with Crippen LogP contribution in [0.3, 0.4) is 0 Å². The summed E-state index contributed by atoms with van der Waals surface area (Å²) in [5, 5.41) is 3.15. The molecule has 1 amide bonds. The molecule has 0 radical (unpaired) electrons. The van der Waals surface area contributed by atoms with Crippen LogP contribution in [0.15, 0.2) is 65.5 Å². The van der Waals surface area contributed by atoms with Gasteiger partial charge < -0.3 is 4.90 Å². The molecule has 0 fully saturated rings. The molecule has 0 saturated heterocycles. The highest BCUT2D eigenvalue weighted by molar-refractivity contribution is 6.03. The maximum absolute atomic E-state index is 13.7. The molecule has 36 heavy (non-hydrogen) atoms. The number of carbonyl (C=O) groups is 2. The van der Waals surface area contributed by atoms with Gasteiger partial charge in [0.1, 0.15) is 5.56 Å². The summed E-state index contributed by atoms with van der Waals surface area (Å²) in [6.45, 7) is 6.05. The summed E-state index contributed by atoms with van der Waals surface area (Å²) in [5.74, 6) is -0.366. The van der Waals surface area contributed by atoms with Gasteiger partial charge in [0, 0.05) is 18.0 Å². The molecule has 3 aromatic rings. The van der Waals surface area contributed by atoms with Crippen LogP contribution in [0, 0.1) is 0 Å². The van der Waals surface area contributed by atoms with Crippen molar-refractivity contribution in [2.75, 3.05) is 6.54 Å². The largest absolute Gasteiger partial charge is 0.332 e. The zero-order chi connectivity index (χ0) is 25.9. The van der Waals surface area contributed by atoms with Crippen LogP contribution in [-0.2, 0) is 4.79 Å². The molecule has 1 aromatic heterocycles. The highest BCUT2D eigenvalue weighted by Crippen LogP contribution is 2.22. The van der Waals surface area contributed by atoms with Crippen molar-refractivity contribution in [3.8, 4) is 16.9 Å². The number of nitrogens with zero attached hydrogens (tertiary/aromatic N) is 2. The van der Waals surface area contributed by atoms with E-state index >= 15 is 0 Å². The van der Waals surface area contributed by atoms with E-state index in [1.165, 1.54) is 23.9 Å². The first-order valence-electron chi connectivity index (χ1n) is 13.3. The van der Waals surface area contributed by atoms with Crippen molar-refractivity contribution in [2.45, 2.75) is 78.2 Å². The Balaban J connectivity index is 1.87. The summed E-state index contributed by atoms with van der Waals surface area (Å²) in [6, 6.07) is 18.5. The van der Waals surface area contributed by atoms with E-state index in [1.807, 2.05) is 74.5 Å². The van der Waals surface area contributed by atoms with Crippen LogP contribution >= 0.6 is 0 Å². The van der Waals surface area contributed by atoms with Gasteiger partial charge in [0.25, 0.3) is 5.56 Å². The van der Waals surface area contributed by atoms with Crippen molar-refractivity contribution in [2.24, 2.45) is 0 Å². The average Bonchev–Trinajstić information content (AvgIpc) is 3.26. The third-order valence-electron chi connectivity index (χ3n) is 6.75. The van der Waals surface area contributed by atoms with Gasteiger partial charge in [-0.3, -0.25) is 19.5 Å². The van der Waals surface area contributed by atoms with Crippen LogP contribution in [0.5, 0.6) is 0 Å². The number of amides is 1. The van der Waals surface area contributed by atoms with Gasteiger partial charge in [-0.15, -0.1) is 0 Å². The van der Waals surface area contributed by atoms with Crippen molar-refractivity contribution >= 4 is 11.7 Å². The zero-order valence-corrected chi connectivity index (χ0v) is 21.8. The van der Waals surface area contributed by atoms with E-state index in [1.54, 1.807) is 4.90 Å². The summed E-state index contributed by atoms with van der Waals surface area (Å²) in [7, 11) is 0. The summed E-state index contributed by atoms with van der Waals surface area (Å²) in [4.78, 5) is 42.0. The fourth-order valence-electron chi connectivity index (χ4n) is 4.41. The van der Waals surface area contributed by atoms with E-state index in [0.29, 0.717) is 17.8 Å². The van der Waals surface area contributed by atoms with Crippen molar-refractivity contribution in [3.05, 3.63) is 76.6 Å². The lowest BCUT2D eigenvalue weighted by molar-refractivity contribution is -0.132. The molecule has 0 bridgehead atoms. The Bertz CT molecular complexity index is 1170. The van der Waals surface area contributed by atoms with Gasteiger partial charge in [-0.2, -0.15) is 0 Å². The third-order valence-corrected chi connectivity index (χ3v) is 6.75. The van der Waals surface area contributed by atoms with E-state index in [9.17, 15) is 14.4 Å². The number of Topliss-reactive ketones (excluding diaryl/α,β-unsaturated/α-hetero) is 1. The molecule has 1 atom stereocenters. The topological polar surface area (TPSA) is 75.2 Å². The van der Waals surface area contributed by atoms with E-state index in [-0.39, 0.29) is 29.8 Å². The molecule has 0 aliphatic rings. The standard InChI is InChI=1S/C30H39N3O3/c1-4-6-7-8-9-16-21-27(35)32(23(3)5-2)22-26(34)28-29(24-17-12-10-13-18-24)31-33(30(28)36)25-19-14-11-15-20-25/h10-15,17-20,23,31H,4-9,16,21-22H2,1-3H3. The molecular weight excluding hydrogens is 450 g/mol. The second-order valence-corrected chi connectivity index (χ2v) is 9.42. The molecule has 0 spiro atoms. The Labute approximate surface area is 214 Å². The van der Waals surface area contributed by atoms with Crippen LogP contribution in [0.25, 0.3) is 16.9 Å². The quantitative estimate of drug-likeness (QED) is 0.210. The molecule has 192 valence electrons. The molecule has 0 aliphatic heterocycles. The van der Waals surface area contributed by atoms with Crippen LogP contribution in [-0.4, -0.2) is 39.0 Å². The average molecular weight is 490 g/mol. The van der Waals surface area contributed by atoms with Gasteiger partial charge in [0.05, 0.1) is 17.9 Å². The number of hydrogen-bond donors (Lipinski definition) is 1. The lowest BCUT2D eigenvalue weighted by Crippen LogP contribution is -2.42. The van der Waals surface area contributed by atoms with Gasteiger partial charge >= 0.3 is 0 Å². The maximum atomic E-state index is 13.7. The first-order chi connectivity index (χ1) is 17.5. The van der Waals surface area contributed by atoms with Crippen molar-refractivity contribution < 1.29 is 9.59 Å². The number of aromatic amines is 1. The highest BCUT2D eigenvalue weighted by Gasteiger charge is 2.28. The van der Waals surface area contributed by atoms with Crippen molar-refractivity contribution in [1.82, 2.24) is 14.7 Å². The van der Waals surface area contributed by atoms with Gasteiger partial charge in [0.15, 0.2) is 5.78 Å². The smallest absolute Gasteiger partial charge is 0.282 e. The molecule has 1 unspecified atom stereocenters. The van der Waals surface area contributed by atoms with Crippen LogP contribution in [0.4, 0.5) is 0 Å². The molecule has 2 aromatic carbocycles. The number of para-hydroxylation sites is 1. The van der Waals surface area contributed by atoms with E-state index in [0.717, 1.165) is 31.2 Å². The predicted molar refractivity (Wildman–Crippen MR) is 146 cm³/mol. The predicted octanol–water partition coefficient (Wildman–Crippen LogP) is 6.39. The molecular formula is C30H39N3O3. The summed E-state index contributed by atoms with van der Waals surface area (Å²) < 4.78 is 1.40. The molecule has 0 aliphatic carbocycles. The maximum Gasteiger partial charge on any atom is 0.282 e. The number of hydrogen-bond acceptors (Lipinski definition) is 3. The summed E-state index contributed by atoms with van der Waals surface area (Å²) >= 11 is 0. The van der Waals surface area contributed by atoms with Gasteiger partial charge in [-0.1, -0.05) is 94.5 Å². The normalized spacial score (nSPS) is 11.9. The molecule has 1 heterocycles. The SMILES string of the molecule is CCCCCCCCC(=O)N(CC(=O)c1c(-c2ccccc2)[nH]n(-c2ccccc2)c1=O)C(C)CC. The van der Waals surface area contributed by atoms with Crippen LogP contribution < -0.4 is 5.56 Å².